The van der Waals surface area contributed by atoms with Gasteiger partial charge < -0.3 is 10.6 Å². The topological polar surface area (TPSA) is 66.9 Å². The van der Waals surface area contributed by atoms with Crippen molar-refractivity contribution in [2.45, 2.75) is 20.3 Å². The Labute approximate surface area is 129 Å². The molecule has 5 nitrogen and oxygen atoms in total. The number of para-hydroxylation sites is 1. The summed E-state index contributed by atoms with van der Waals surface area (Å²) in [5.41, 5.74) is 0.550. The number of carbonyl (C=O) groups excluding carboxylic acids is 1. The molecule has 0 unspecified atom stereocenters. The molecule has 1 aromatic heterocycles. The SMILES string of the molecule is CC(C)CCNC(=O)c1cnc(Nc2ccccc2F)cn1. The normalized spacial score (nSPS) is 10.5. The number of rotatable bonds is 6. The van der Waals surface area contributed by atoms with Crippen LogP contribution in [0.3, 0.4) is 0 Å². The molecule has 2 aromatic rings. The number of nitrogens with zero attached hydrogens (tertiary/aromatic N) is 2. The molecule has 0 saturated carbocycles. The summed E-state index contributed by atoms with van der Waals surface area (Å²) in [6, 6.07) is 6.28. The van der Waals surface area contributed by atoms with Gasteiger partial charge in [-0.05, 0) is 24.5 Å². The van der Waals surface area contributed by atoms with Gasteiger partial charge in [0, 0.05) is 6.54 Å². The van der Waals surface area contributed by atoms with E-state index in [4.69, 9.17) is 0 Å². The minimum Gasteiger partial charge on any atom is -0.351 e. The van der Waals surface area contributed by atoms with E-state index in [1.54, 1.807) is 18.2 Å². The molecule has 0 aliphatic heterocycles. The molecule has 0 aliphatic carbocycles. The Morgan fingerprint density at radius 3 is 2.64 bits per heavy atom. The maximum Gasteiger partial charge on any atom is 0.271 e. The summed E-state index contributed by atoms with van der Waals surface area (Å²) in [7, 11) is 0. The van der Waals surface area contributed by atoms with Crippen LogP contribution in [0.2, 0.25) is 0 Å². The zero-order chi connectivity index (χ0) is 15.9. The summed E-state index contributed by atoms with van der Waals surface area (Å²) >= 11 is 0. The number of hydrogen-bond acceptors (Lipinski definition) is 4. The highest BCUT2D eigenvalue weighted by atomic mass is 19.1. The lowest BCUT2D eigenvalue weighted by molar-refractivity contribution is 0.0946. The minimum atomic E-state index is -0.375. The quantitative estimate of drug-likeness (QED) is 0.860. The summed E-state index contributed by atoms with van der Waals surface area (Å²) in [5.74, 6) is 0.271. The Morgan fingerprint density at radius 2 is 2.00 bits per heavy atom. The van der Waals surface area contributed by atoms with Crippen LogP contribution in [-0.2, 0) is 0 Å². The predicted molar refractivity (Wildman–Crippen MR) is 83.5 cm³/mol. The van der Waals surface area contributed by atoms with Gasteiger partial charge in [0.25, 0.3) is 5.91 Å². The van der Waals surface area contributed by atoms with Gasteiger partial charge in [-0.2, -0.15) is 0 Å². The zero-order valence-corrected chi connectivity index (χ0v) is 12.6. The largest absolute Gasteiger partial charge is 0.351 e. The summed E-state index contributed by atoms with van der Waals surface area (Å²) in [6.07, 6.45) is 3.68. The molecule has 1 amide bonds. The number of benzene rings is 1. The number of nitrogens with one attached hydrogen (secondary N) is 2. The molecule has 1 heterocycles. The van der Waals surface area contributed by atoms with Gasteiger partial charge in [-0.1, -0.05) is 26.0 Å². The van der Waals surface area contributed by atoms with Crippen LogP contribution in [0.1, 0.15) is 30.8 Å². The molecular formula is C16H19FN4O. The van der Waals surface area contributed by atoms with Gasteiger partial charge in [0.15, 0.2) is 0 Å². The summed E-state index contributed by atoms with van der Waals surface area (Å²) in [6.45, 7) is 4.79. The van der Waals surface area contributed by atoms with Crippen molar-refractivity contribution in [3.63, 3.8) is 0 Å². The van der Waals surface area contributed by atoms with E-state index >= 15 is 0 Å². The number of hydrogen-bond donors (Lipinski definition) is 2. The first-order valence-electron chi connectivity index (χ1n) is 7.18. The number of halogens is 1. The smallest absolute Gasteiger partial charge is 0.271 e. The molecule has 0 spiro atoms. The highest BCUT2D eigenvalue weighted by molar-refractivity contribution is 5.92. The predicted octanol–water partition coefficient (Wildman–Crippen LogP) is 3.14. The Kier molecular flexibility index (Phi) is 5.41. The van der Waals surface area contributed by atoms with Gasteiger partial charge in [-0.15, -0.1) is 0 Å². The summed E-state index contributed by atoms with van der Waals surface area (Å²) in [5, 5.41) is 5.60. The number of aromatic nitrogens is 2. The van der Waals surface area contributed by atoms with Gasteiger partial charge in [0.2, 0.25) is 0 Å². The molecule has 0 atom stereocenters. The first-order chi connectivity index (χ1) is 10.6. The number of carbonyl (C=O) groups is 1. The number of amides is 1. The molecule has 116 valence electrons. The van der Waals surface area contributed by atoms with E-state index in [0.29, 0.717) is 24.0 Å². The van der Waals surface area contributed by atoms with E-state index < -0.39 is 0 Å². The Hall–Kier alpha value is -2.50. The molecule has 2 rings (SSSR count). The third-order valence-corrected chi connectivity index (χ3v) is 3.03. The van der Waals surface area contributed by atoms with E-state index in [1.165, 1.54) is 18.5 Å². The highest BCUT2D eigenvalue weighted by Crippen LogP contribution is 2.17. The summed E-state index contributed by atoms with van der Waals surface area (Å²) in [4.78, 5) is 20.0. The van der Waals surface area contributed by atoms with Gasteiger partial charge in [-0.25, -0.2) is 14.4 Å². The van der Waals surface area contributed by atoms with Gasteiger partial charge in [0.05, 0.1) is 18.1 Å². The molecule has 2 N–H and O–H groups in total. The van der Waals surface area contributed by atoms with Crippen LogP contribution in [0.5, 0.6) is 0 Å². The average molecular weight is 302 g/mol. The van der Waals surface area contributed by atoms with Crippen LogP contribution in [0, 0.1) is 11.7 Å². The van der Waals surface area contributed by atoms with Crippen LogP contribution >= 0.6 is 0 Å². The van der Waals surface area contributed by atoms with Crippen molar-refractivity contribution in [2.75, 3.05) is 11.9 Å². The second-order valence-corrected chi connectivity index (χ2v) is 5.33. The first-order valence-corrected chi connectivity index (χ1v) is 7.18. The maximum absolute atomic E-state index is 13.5. The average Bonchev–Trinajstić information content (AvgIpc) is 2.50. The second kappa shape index (κ2) is 7.49. The van der Waals surface area contributed by atoms with Gasteiger partial charge in [-0.3, -0.25) is 4.79 Å². The lowest BCUT2D eigenvalue weighted by atomic mass is 10.1. The molecule has 22 heavy (non-hydrogen) atoms. The first kappa shape index (κ1) is 15.9. The lowest BCUT2D eigenvalue weighted by Crippen LogP contribution is -2.26. The van der Waals surface area contributed by atoms with Crippen LogP contribution < -0.4 is 10.6 Å². The van der Waals surface area contributed by atoms with Crippen molar-refractivity contribution >= 4 is 17.4 Å². The fourth-order valence-electron chi connectivity index (χ4n) is 1.78. The molecule has 1 aromatic carbocycles. The number of anilines is 2. The zero-order valence-electron chi connectivity index (χ0n) is 12.6. The molecule has 6 heteroatoms. The van der Waals surface area contributed by atoms with E-state index in [9.17, 15) is 9.18 Å². The van der Waals surface area contributed by atoms with E-state index in [-0.39, 0.29) is 17.4 Å². The fourth-order valence-corrected chi connectivity index (χ4v) is 1.78. The Bertz CT molecular complexity index is 628. The lowest BCUT2D eigenvalue weighted by Gasteiger charge is -2.08. The van der Waals surface area contributed by atoms with Crippen molar-refractivity contribution in [3.05, 3.63) is 48.2 Å². The van der Waals surface area contributed by atoms with Gasteiger partial charge in [0.1, 0.15) is 17.3 Å². The molecule has 0 saturated heterocycles. The van der Waals surface area contributed by atoms with E-state index in [2.05, 4.69) is 34.4 Å². The van der Waals surface area contributed by atoms with E-state index in [0.717, 1.165) is 6.42 Å². The summed E-state index contributed by atoms with van der Waals surface area (Å²) < 4.78 is 13.5. The van der Waals surface area contributed by atoms with Crippen molar-refractivity contribution in [1.29, 1.82) is 0 Å². The maximum atomic E-state index is 13.5. The van der Waals surface area contributed by atoms with Crippen LogP contribution in [0.4, 0.5) is 15.9 Å². The van der Waals surface area contributed by atoms with Crippen molar-refractivity contribution in [2.24, 2.45) is 5.92 Å². The second-order valence-electron chi connectivity index (χ2n) is 5.33. The molecule has 0 bridgehead atoms. The van der Waals surface area contributed by atoms with Crippen molar-refractivity contribution in [1.82, 2.24) is 15.3 Å². The molecular weight excluding hydrogens is 283 g/mol. The van der Waals surface area contributed by atoms with E-state index in [1.807, 2.05) is 0 Å². The minimum absolute atomic E-state index is 0.239. The van der Waals surface area contributed by atoms with Crippen LogP contribution in [0.15, 0.2) is 36.7 Å². The van der Waals surface area contributed by atoms with Crippen molar-refractivity contribution in [3.8, 4) is 0 Å². The Balaban J connectivity index is 1.95. The standard InChI is InChI=1S/C16H19FN4O/c1-11(2)7-8-18-16(22)14-9-20-15(10-19-14)21-13-6-4-3-5-12(13)17/h3-6,9-11H,7-8H2,1-2H3,(H,18,22)(H,20,21). The van der Waals surface area contributed by atoms with Gasteiger partial charge >= 0.3 is 0 Å². The van der Waals surface area contributed by atoms with Crippen molar-refractivity contribution < 1.29 is 9.18 Å². The monoisotopic (exact) mass is 302 g/mol. The third-order valence-electron chi connectivity index (χ3n) is 3.03. The Morgan fingerprint density at radius 1 is 1.23 bits per heavy atom. The highest BCUT2D eigenvalue weighted by Gasteiger charge is 2.08. The molecule has 0 fully saturated rings. The fraction of sp³-hybridized carbons (Fsp3) is 0.312. The van der Waals surface area contributed by atoms with Crippen LogP contribution in [0.25, 0.3) is 0 Å². The van der Waals surface area contributed by atoms with Crippen LogP contribution in [-0.4, -0.2) is 22.4 Å². The third kappa shape index (κ3) is 4.51. The molecule has 0 aliphatic rings. The molecule has 0 radical (unpaired) electrons.